The molecule has 1 atom stereocenters. The van der Waals surface area contributed by atoms with E-state index in [0.29, 0.717) is 11.0 Å². The number of rotatable bonds is 8. The van der Waals surface area contributed by atoms with Crippen LogP contribution in [0.5, 0.6) is 5.75 Å². The van der Waals surface area contributed by atoms with Gasteiger partial charge in [-0.05, 0) is 30.7 Å². The number of nitrogens with zero attached hydrogens (tertiary/aromatic N) is 3. The van der Waals surface area contributed by atoms with E-state index >= 15 is 0 Å². The predicted molar refractivity (Wildman–Crippen MR) is 111 cm³/mol. The average molecular weight is 450 g/mol. The molecular weight excluding hydrogens is 429 g/mol. The Bertz CT molecular complexity index is 1020. The van der Waals surface area contributed by atoms with Gasteiger partial charge in [-0.25, -0.2) is 0 Å². The van der Waals surface area contributed by atoms with Gasteiger partial charge in [0.05, 0.1) is 17.4 Å². The Hall–Kier alpha value is -3.01. The first-order chi connectivity index (χ1) is 14.7. The number of carbonyl (C=O) groups excluding carboxylic acids is 1. The van der Waals surface area contributed by atoms with Crippen molar-refractivity contribution in [2.45, 2.75) is 30.9 Å². The standard InChI is InChI=1S/C21H21F3N4O2S/c1-14(15-7-4-3-5-8-15)25-19(29)13-31-20-27-26-18(28(20)2)12-30-17-10-6-9-16(11-17)21(22,23)24/h3-11,14H,12-13H2,1-2H3,(H,25,29). The summed E-state index contributed by atoms with van der Waals surface area (Å²) in [5, 5.41) is 11.5. The average Bonchev–Trinajstić information content (AvgIpc) is 3.10. The maximum atomic E-state index is 12.8. The number of aromatic nitrogens is 3. The monoisotopic (exact) mass is 450 g/mol. The first kappa shape index (κ1) is 22.7. The van der Waals surface area contributed by atoms with Gasteiger partial charge in [0, 0.05) is 7.05 Å². The van der Waals surface area contributed by atoms with Gasteiger partial charge in [-0.1, -0.05) is 48.2 Å². The molecule has 1 aromatic heterocycles. The van der Waals surface area contributed by atoms with Crippen molar-refractivity contribution in [3.05, 3.63) is 71.5 Å². The number of ether oxygens (including phenoxy) is 1. The smallest absolute Gasteiger partial charge is 0.416 e. The second kappa shape index (κ2) is 9.86. The molecule has 2 aromatic carbocycles. The van der Waals surface area contributed by atoms with Crippen LogP contribution in [0.2, 0.25) is 0 Å². The van der Waals surface area contributed by atoms with E-state index in [9.17, 15) is 18.0 Å². The minimum absolute atomic E-state index is 0.0530. The number of nitrogens with one attached hydrogen (secondary N) is 1. The summed E-state index contributed by atoms with van der Waals surface area (Å²) in [4.78, 5) is 12.2. The van der Waals surface area contributed by atoms with Crippen molar-refractivity contribution in [1.29, 1.82) is 0 Å². The van der Waals surface area contributed by atoms with Crippen LogP contribution in [0, 0.1) is 0 Å². The molecule has 0 aliphatic heterocycles. The molecule has 0 aliphatic carbocycles. The first-order valence-corrected chi connectivity index (χ1v) is 10.4. The van der Waals surface area contributed by atoms with Crippen LogP contribution in [0.1, 0.15) is 29.9 Å². The molecular formula is C21H21F3N4O2S. The normalized spacial score (nSPS) is 12.4. The highest BCUT2D eigenvalue weighted by Crippen LogP contribution is 2.31. The minimum atomic E-state index is -4.44. The lowest BCUT2D eigenvalue weighted by atomic mass is 10.1. The Balaban J connectivity index is 1.53. The van der Waals surface area contributed by atoms with Crippen LogP contribution in [-0.4, -0.2) is 26.4 Å². The SMILES string of the molecule is CC(NC(=O)CSc1nnc(COc2cccc(C(F)(F)F)c2)n1C)c1ccccc1. The quantitative estimate of drug-likeness (QED) is 0.516. The molecule has 0 saturated heterocycles. The zero-order chi connectivity index (χ0) is 22.4. The number of carbonyl (C=O) groups is 1. The Kier molecular flexibility index (Phi) is 7.21. The lowest BCUT2D eigenvalue weighted by molar-refractivity contribution is -0.137. The number of hydrogen-bond donors (Lipinski definition) is 1. The second-order valence-corrected chi connectivity index (χ2v) is 7.70. The Morgan fingerprint density at radius 1 is 1.16 bits per heavy atom. The Labute approximate surface area is 181 Å². The molecule has 3 rings (SSSR count). The zero-order valence-electron chi connectivity index (χ0n) is 16.9. The van der Waals surface area contributed by atoms with E-state index < -0.39 is 11.7 Å². The van der Waals surface area contributed by atoms with Crippen molar-refractivity contribution in [3.8, 4) is 5.75 Å². The van der Waals surface area contributed by atoms with Gasteiger partial charge in [-0.2, -0.15) is 13.2 Å². The summed E-state index contributed by atoms with van der Waals surface area (Å²) in [6.07, 6.45) is -4.44. The van der Waals surface area contributed by atoms with Gasteiger partial charge in [-0.15, -0.1) is 10.2 Å². The lowest BCUT2D eigenvalue weighted by Crippen LogP contribution is -2.28. The van der Waals surface area contributed by atoms with Crippen molar-refractivity contribution in [1.82, 2.24) is 20.1 Å². The van der Waals surface area contributed by atoms with Crippen molar-refractivity contribution in [2.75, 3.05) is 5.75 Å². The number of halogens is 3. The molecule has 1 N–H and O–H groups in total. The summed E-state index contributed by atoms with van der Waals surface area (Å²) in [5.41, 5.74) is 0.225. The van der Waals surface area contributed by atoms with E-state index in [0.717, 1.165) is 17.7 Å². The van der Waals surface area contributed by atoms with Crippen LogP contribution in [-0.2, 0) is 24.6 Å². The summed E-state index contributed by atoms with van der Waals surface area (Å²) in [6.45, 7) is 1.85. The molecule has 0 radical (unpaired) electrons. The molecule has 1 heterocycles. The number of amides is 1. The van der Waals surface area contributed by atoms with Crippen LogP contribution in [0.4, 0.5) is 13.2 Å². The number of benzene rings is 2. The number of thioether (sulfide) groups is 1. The fourth-order valence-electron chi connectivity index (χ4n) is 2.74. The van der Waals surface area contributed by atoms with Crippen molar-refractivity contribution in [3.63, 3.8) is 0 Å². The van der Waals surface area contributed by atoms with Gasteiger partial charge in [0.25, 0.3) is 0 Å². The fourth-order valence-corrected chi connectivity index (χ4v) is 3.49. The summed E-state index contributed by atoms with van der Waals surface area (Å²) >= 11 is 1.21. The fraction of sp³-hybridized carbons (Fsp3) is 0.286. The van der Waals surface area contributed by atoms with Crippen LogP contribution in [0.15, 0.2) is 59.8 Å². The largest absolute Gasteiger partial charge is 0.486 e. The molecule has 3 aromatic rings. The molecule has 0 saturated carbocycles. The van der Waals surface area contributed by atoms with Gasteiger partial charge >= 0.3 is 6.18 Å². The maximum Gasteiger partial charge on any atom is 0.416 e. The third kappa shape index (κ3) is 6.24. The van der Waals surface area contributed by atoms with Gasteiger partial charge in [-0.3, -0.25) is 4.79 Å². The van der Waals surface area contributed by atoms with Crippen molar-refractivity contribution >= 4 is 17.7 Å². The molecule has 1 unspecified atom stereocenters. The first-order valence-electron chi connectivity index (χ1n) is 9.39. The molecule has 0 bridgehead atoms. The van der Waals surface area contributed by atoms with Crippen molar-refractivity contribution < 1.29 is 22.7 Å². The molecule has 0 aliphatic rings. The number of hydrogen-bond acceptors (Lipinski definition) is 5. The lowest BCUT2D eigenvalue weighted by Gasteiger charge is -2.14. The summed E-state index contributed by atoms with van der Waals surface area (Å²) in [6, 6.07) is 14.1. The molecule has 1 amide bonds. The van der Waals surface area contributed by atoms with E-state index in [1.165, 1.54) is 23.9 Å². The van der Waals surface area contributed by atoms with Crippen LogP contribution in [0.3, 0.4) is 0 Å². The third-order valence-electron chi connectivity index (χ3n) is 4.46. The van der Waals surface area contributed by atoms with E-state index in [2.05, 4.69) is 15.5 Å². The van der Waals surface area contributed by atoms with E-state index in [1.54, 1.807) is 11.6 Å². The Morgan fingerprint density at radius 2 is 1.90 bits per heavy atom. The van der Waals surface area contributed by atoms with Crippen molar-refractivity contribution in [2.24, 2.45) is 7.05 Å². The van der Waals surface area contributed by atoms with E-state index in [-0.39, 0.29) is 30.1 Å². The topological polar surface area (TPSA) is 69.0 Å². The molecule has 6 nitrogen and oxygen atoms in total. The summed E-state index contributed by atoms with van der Waals surface area (Å²) in [7, 11) is 1.71. The molecule has 31 heavy (non-hydrogen) atoms. The summed E-state index contributed by atoms with van der Waals surface area (Å²) < 4.78 is 45.5. The van der Waals surface area contributed by atoms with Gasteiger partial charge in [0.1, 0.15) is 12.4 Å². The highest BCUT2D eigenvalue weighted by atomic mass is 32.2. The minimum Gasteiger partial charge on any atom is -0.486 e. The van der Waals surface area contributed by atoms with Gasteiger partial charge in [0.2, 0.25) is 5.91 Å². The highest BCUT2D eigenvalue weighted by Gasteiger charge is 2.30. The molecule has 0 spiro atoms. The predicted octanol–water partition coefficient (Wildman–Crippen LogP) is 4.38. The van der Waals surface area contributed by atoms with Gasteiger partial charge in [0.15, 0.2) is 11.0 Å². The molecule has 10 heteroatoms. The van der Waals surface area contributed by atoms with Gasteiger partial charge < -0.3 is 14.6 Å². The van der Waals surface area contributed by atoms with Crippen LogP contribution < -0.4 is 10.1 Å². The maximum absolute atomic E-state index is 12.8. The van der Waals surface area contributed by atoms with Crippen LogP contribution >= 0.6 is 11.8 Å². The number of alkyl halides is 3. The second-order valence-electron chi connectivity index (χ2n) is 6.76. The van der Waals surface area contributed by atoms with E-state index in [1.807, 2.05) is 37.3 Å². The third-order valence-corrected chi connectivity index (χ3v) is 5.48. The zero-order valence-corrected chi connectivity index (χ0v) is 17.7. The highest BCUT2D eigenvalue weighted by molar-refractivity contribution is 7.99. The Morgan fingerprint density at radius 3 is 2.61 bits per heavy atom. The van der Waals surface area contributed by atoms with Crippen LogP contribution in [0.25, 0.3) is 0 Å². The molecule has 0 fully saturated rings. The van der Waals surface area contributed by atoms with E-state index in [4.69, 9.17) is 4.74 Å². The molecule has 164 valence electrons. The summed E-state index contributed by atoms with van der Waals surface area (Å²) in [5.74, 6) is 0.517.